The third kappa shape index (κ3) is 3.61. The fourth-order valence-corrected chi connectivity index (χ4v) is 1.82. The number of nitrogens with one attached hydrogen (secondary N) is 2. The van der Waals surface area contributed by atoms with Gasteiger partial charge >= 0.3 is 6.18 Å². The van der Waals surface area contributed by atoms with Gasteiger partial charge in [0, 0.05) is 24.5 Å². The van der Waals surface area contributed by atoms with Crippen molar-refractivity contribution in [2.75, 3.05) is 0 Å². The van der Waals surface area contributed by atoms with Gasteiger partial charge in [0.25, 0.3) is 0 Å². The molecule has 1 aromatic carbocycles. The molecule has 0 radical (unpaired) electrons. The summed E-state index contributed by atoms with van der Waals surface area (Å²) in [7, 11) is 0. The minimum atomic E-state index is -4.28. The van der Waals surface area contributed by atoms with Crippen molar-refractivity contribution in [3.8, 4) is 0 Å². The molecule has 0 amide bonds. The molecule has 0 saturated heterocycles. The molecule has 0 bridgehead atoms. The van der Waals surface area contributed by atoms with Crippen molar-refractivity contribution in [1.29, 1.82) is 0 Å². The van der Waals surface area contributed by atoms with Gasteiger partial charge in [-0.1, -0.05) is 12.1 Å². The highest BCUT2D eigenvalue weighted by Crippen LogP contribution is 2.29. The Balaban J connectivity index is 1.97. The summed E-state index contributed by atoms with van der Waals surface area (Å²) in [5, 5.41) is 3.25. The topological polar surface area (TPSA) is 27.8 Å². The van der Waals surface area contributed by atoms with Crippen molar-refractivity contribution in [2.24, 2.45) is 0 Å². The molecule has 1 unspecified atom stereocenters. The van der Waals surface area contributed by atoms with E-state index in [2.05, 4.69) is 10.3 Å². The molecule has 102 valence electrons. The summed E-state index contributed by atoms with van der Waals surface area (Å²) in [6.45, 7) is 2.57. The van der Waals surface area contributed by atoms with Crippen LogP contribution in [0.15, 0.2) is 42.6 Å². The number of alkyl halides is 3. The Morgan fingerprint density at radius 2 is 1.84 bits per heavy atom. The molecule has 2 rings (SSSR count). The molecule has 1 heterocycles. The fraction of sp³-hybridized carbons (Fsp3) is 0.286. The van der Waals surface area contributed by atoms with E-state index in [1.54, 1.807) is 0 Å². The van der Waals surface area contributed by atoms with E-state index >= 15 is 0 Å². The minimum Gasteiger partial charge on any atom is -0.364 e. The average molecular weight is 268 g/mol. The summed E-state index contributed by atoms with van der Waals surface area (Å²) >= 11 is 0. The Bertz CT molecular complexity index is 500. The normalized spacial score (nSPS) is 13.5. The molecule has 0 fully saturated rings. The van der Waals surface area contributed by atoms with E-state index in [4.69, 9.17) is 0 Å². The SMILES string of the molecule is CC(NCc1ccc[nH]1)c1ccc(C(F)(F)F)cc1. The van der Waals surface area contributed by atoms with Crippen LogP contribution in [0.1, 0.15) is 29.8 Å². The molecule has 2 aromatic rings. The first-order valence-corrected chi connectivity index (χ1v) is 5.99. The van der Waals surface area contributed by atoms with E-state index in [0.717, 1.165) is 23.4 Å². The number of halogens is 3. The summed E-state index contributed by atoms with van der Waals surface area (Å²) in [6, 6.07) is 9.09. The quantitative estimate of drug-likeness (QED) is 0.865. The van der Waals surface area contributed by atoms with E-state index in [-0.39, 0.29) is 6.04 Å². The number of aromatic nitrogens is 1. The number of hydrogen-bond donors (Lipinski definition) is 2. The van der Waals surface area contributed by atoms with Crippen molar-refractivity contribution >= 4 is 0 Å². The summed E-state index contributed by atoms with van der Waals surface area (Å²) in [5.41, 5.74) is 1.26. The Morgan fingerprint density at radius 1 is 1.16 bits per heavy atom. The lowest BCUT2D eigenvalue weighted by Crippen LogP contribution is -2.18. The molecule has 0 aliphatic rings. The maximum Gasteiger partial charge on any atom is 0.416 e. The molecule has 1 aromatic heterocycles. The Labute approximate surface area is 109 Å². The summed E-state index contributed by atoms with van der Waals surface area (Å²) in [5.74, 6) is 0. The van der Waals surface area contributed by atoms with Crippen molar-refractivity contribution < 1.29 is 13.2 Å². The van der Waals surface area contributed by atoms with E-state index in [1.807, 2.05) is 25.3 Å². The highest BCUT2D eigenvalue weighted by molar-refractivity contribution is 5.26. The first-order chi connectivity index (χ1) is 8.97. The number of hydrogen-bond acceptors (Lipinski definition) is 1. The zero-order chi connectivity index (χ0) is 13.9. The second kappa shape index (κ2) is 5.48. The minimum absolute atomic E-state index is 0.00872. The third-order valence-corrected chi connectivity index (χ3v) is 3.00. The highest BCUT2D eigenvalue weighted by atomic mass is 19.4. The molecule has 2 nitrogen and oxygen atoms in total. The Kier molecular flexibility index (Phi) is 3.95. The maximum absolute atomic E-state index is 12.4. The zero-order valence-electron chi connectivity index (χ0n) is 10.5. The fourth-order valence-electron chi connectivity index (χ4n) is 1.82. The predicted octanol–water partition coefficient (Wildman–Crippen LogP) is 3.88. The smallest absolute Gasteiger partial charge is 0.364 e. The van der Waals surface area contributed by atoms with Gasteiger partial charge in [-0.25, -0.2) is 0 Å². The molecule has 5 heteroatoms. The van der Waals surface area contributed by atoms with Crippen LogP contribution in [0.25, 0.3) is 0 Å². The molecule has 0 spiro atoms. The van der Waals surface area contributed by atoms with Gasteiger partial charge in [-0.15, -0.1) is 0 Å². The van der Waals surface area contributed by atoms with E-state index in [0.29, 0.717) is 6.54 Å². The van der Waals surface area contributed by atoms with Gasteiger partial charge in [0.1, 0.15) is 0 Å². The van der Waals surface area contributed by atoms with Gasteiger partial charge in [0.2, 0.25) is 0 Å². The number of benzene rings is 1. The van der Waals surface area contributed by atoms with Crippen molar-refractivity contribution in [2.45, 2.75) is 25.7 Å². The molecule has 0 aliphatic carbocycles. The summed E-state index contributed by atoms with van der Waals surface area (Å²) < 4.78 is 37.3. The Hall–Kier alpha value is -1.75. The largest absolute Gasteiger partial charge is 0.416 e. The molecule has 0 saturated carbocycles. The second-order valence-electron chi connectivity index (χ2n) is 4.42. The Morgan fingerprint density at radius 3 is 2.37 bits per heavy atom. The van der Waals surface area contributed by atoms with Crippen molar-refractivity contribution in [3.05, 3.63) is 59.4 Å². The lowest BCUT2D eigenvalue weighted by atomic mass is 10.1. The van der Waals surface area contributed by atoms with Crippen LogP contribution in [0.5, 0.6) is 0 Å². The van der Waals surface area contributed by atoms with Gasteiger partial charge in [-0.3, -0.25) is 0 Å². The van der Waals surface area contributed by atoms with Gasteiger partial charge in [0.05, 0.1) is 5.56 Å². The van der Waals surface area contributed by atoms with Crippen molar-refractivity contribution in [1.82, 2.24) is 10.3 Å². The van der Waals surface area contributed by atoms with Crippen molar-refractivity contribution in [3.63, 3.8) is 0 Å². The van der Waals surface area contributed by atoms with Gasteiger partial charge in [-0.2, -0.15) is 13.2 Å². The molecule has 19 heavy (non-hydrogen) atoms. The second-order valence-corrected chi connectivity index (χ2v) is 4.42. The van der Waals surface area contributed by atoms with Crippen LogP contribution in [0.2, 0.25) is 0 Å². The number of rotatable bonds is 4. The monoisotopic (exact) mass is 268 g/mol. The first kappa shape index (κ1) is 13.7. The number of aromatic amines is 1. The molecule has 2 N–H and O–H groups in total. The van der Waals surface area contributed by atoms with Crippen LogP contribution in [-0.4, -0.2) is 4.98 Å². The molecular formula is C14H15F3N2. The third-order valence-electron chi connectivity index (χ3n) is 3.00. The van der Waals surface area contributed by atoms with Crippen LogP contribution < -0.4 is 5.32 Å². The highest BCUT2D eigenvalue weighted by Gasteiger charge is 2.30. The lowest BCUT2D eigenvalue weighted by molar-refractivity contribution is -0.137. The zero-order valence-corrected chi connectivity index (χ0v) is 10.5. The first-order valence-electron chi connectivity index (χ1n) is 5.99. The summed E-state index contributed by atoms with van der Waals surface area (Å²) in [6.07, 6.45) is -2.45. The maximum atomic E-state index is 12.4. The predicted molar refractivity (Wildman–Crippen MR) is 67.5 cm³/mol. The molecule has 0 aliphatic heterocycles. The lowest BCUT2D eigenvalue weighted by Gasteiger charge is -2.15. The van der Waals surface area contributed by atoms with Gasteiger partial charge in [-0.05, 0) is 36.8 Å². The van der Waals surface area contributed by atoms with Gasteiger partial charge < -0.3 is 10.3 Å². The van der Waals surface area contributed by atoms with Crippen LogP contribution >= 0.6 is 0 Å². The van der Waals surface area contributed by atoms with Crippen LogP contribution in [0.3, 0.4) is 0 Å². The van der Waals surface area contributed by atoms with Gasteiger partial charge in [0.15, 0.2) is 0 Å². The van der Waals surface area contributed by atoms with Crippen LogP contribution in [-0.2, 0) is 12.7 Å². The van der Waals surface area contributed by atoms with Crippen LogP contribution in [0, 0.1) is 0 Å². The summed E-state index contributed by atoms with van der Waals surface area (Å²) in [4.78, 5) is 3.06. The molecular weight excluding hydrogens is 253 g/mol. The van der Waals surface area contributed by atoms with E-state index < -0.39 is 11.7 Å². The van der Waals surface area contributed by atoms with E-state index in [9.17, 15) is 13.2 Å². The number of H-pyrrole nitrogens is 1. The van der Waals surface area contributed by atoms with Crippen LogP contribution in [0.4, 0.5) is 13.2 Å². The molecule has 1 atom stereocenters. The average Bonchev–Trinajstić information content (AvgIpc) is 2.88. The standard InChI is InChI=1S/C14H15F3N2/c1-10(19-9-13-3-2-8-18-13)11-4-6-12(7-5-11)14(15,16)17/h2-8,10,18-19H,9H2,1H3. The van der Waals surface area contributed by atoms with E-state index in [1.165, 1.54) is 12.1 Å².